The van der Waals surface area contributed by atoms with Crippen LogP contribution in [0.1, 0.15) is 34.8 Å². The van der Waals surface area contributed by atoms with Crippen LogP contribution < -0.4 is 39.0 Å². The van der Waals surface area contributed by atoms with E-state index < -0.39 is 42.8 Å². The summed E-state index contributed by atoms with van der Waals surface area (Å²) in [6.45, 7) is 3.11. The van der Waals surface area contributed by atoms with E-state index in [4.69, 9.17) is 49.7 Å². The molecular formula is C28H32BClN10O8. The number of halogens is 1. The molecule has 0 fully saturated rings. The van der Waals surface area contributed by atoms with Gasteiger partial charge in [0.1, 0.15) is 46.6 Å². The van der Waals surface area contributed by atoms with E-state index in [2.05, 4.69) is 30.6 Å². The largest absolute Gasteiger partial charge is 0.508 e. The van der Waals surface area contributed by atoms with Crippen LogP contribution in [-0.2, 0) is 9.59 Å². The highest BCUT2D eigenvalue weighted by atomic mass is 35.5. The van der Waals surface area contributed by atoms with E-state index in [0.717, 1.165) is 0 Å². The smallest absolute Gasteiger partial charge is 0.488 e. The van der Waals surface area contributed by atoms with E-state index in [9.17, 15) is 24.3 Å². The zero-order chi connectivity index (χ0) is 36.1. The van der Waals surface area contributed by atoms with Crippen molar-refractivity contribution in [3.8, 4) is 22.9 Å². The number of hydrogen-bond donors (Lipinski definition) is 10. The van der Waals surface area contributed by atoms with Crippen LogP contribution in [0.15, 0.2) is 60.7 Å². The first-order chi connectivity index (χ1) is 22.5. The number of nitrogens with zero attached hydrogens (tertiary/aromatic N) is 4. The van der Waals surface area contributed by atoms with E-state index in [1.54, 1.807) is 26.0 Å². The van der Waals surface area contributed by atoms with Crippen molar-refractivity contribution in [3.63, 3.8) is 0 Å². The van der Waals surface area contributed by atoms with Crippen molar-refractivity contribution in [1.29, 1.82) is 0 Å². The number of phenols is 2. The molecule has 0 saturated carbocycles. The van der Waals surface area contributed by atoms with E-state index in [1.165, 1.54) is 48.5 Å². The summed E-state index contributed by atoms with van der Waals surface area (Å²) in [7, 11) is -1.46. The Labute approximate surface area is 278 Å². The molecule has 14 N–H and O–H groups in total. The second kappa shape index (κ2) is 17.6. The summed E-state index contributed by atoms with van der Waals surface area (Å²) in [5, 5.41) is 40.5. The minimum atomic E-state index is -1.46. The molecule has 48 heavy (non-hydrogen) atoms. The molecular weight excluding hydrogens is 651 g/mol. The van der Waals surface area contributed by atoms with Gasteiger partial charge in [-0.25, -0.2) is 19.9 Å². The zero-order valence-corrected chi connectivity index (χ0v) is 26.2. The fourth-order valence-corrected chi connectivity index (χ4v) is 3.42. The predicted octanol–water partition coefficient (Wildman–Crippen LogP) is -1.18. The van der Waals surface area contributed by atoms with Gasteiger partial charge in [0, 0.05) is 17.7 Å². The highest BCUT2D eigenvalue weighted by Gasteiger charge is 2.15. The molecule has 18 nitrogen and oxygen atoms in total. The maximum Gasteiger partial charge on any atom is 0.488 e. The van der Waals surface area contributed by atoms with Gasteiger partial charge in [0.25, 0.3) is 11.8 Å². The standard InChI is InChI=1S/C14H15N5O3.C8H10ClN5O2.C6H7BO3/c1-7(12(15)21)17-11-6-10(13(16)22)18-14(19-11)8-2-4-9(20)5-3-8;1-3(6(10)15)12-5-2-4(7(11)16)13-8(9)14-5;8-6-3-1-5(2-4-6)7(9)10/h2-7,20H,1H3,(H2,15,21)(H2,16,22)(H,17,18,19);2-3H,1H3,(H2,10,15)(H2,11,16)(H,12,13,14);1-4,8-10H/t7-;3-;/m00./s1. The van der Waals surface area contributed by atoms with Crippen LogP contribution in [-0.4, -0.2) is 83.0 Å². The van der Waals surface area contributed by atoms with Crippen molar-refractivity contribution in [2.24, 2.45) is 22.9 Å². The molecule has 4 amide bonds. The number of nitrogens with one attached hydrogen (secondary N) is 2. The molecule has 2 atom stereocenters. The average molecular weight is 683 g/mol. The highest BCUT2D eigenvalue weighted by Crippen LogP contribution is 2.21. The van der Waals surface area contributed by atoms with Crippen LogP contribution in [0.5, 0.6) is 11.5 Å². The van der Waals surface area contributed by atoms with Crippen molar-refractivity contribution in [2.75, 3.05) is 10.6 Å². The fourth-order valence-electron chi connectivity index (χ4n) is 3.24. The number of nitrogens with two attached hydrogens (primary N) is 4. The summed E-state index contributed by atoms with van der Waals surface area (Å²) in [6, 6.07) is 13.1. The Morgan fingerprint density at radius 3 is 1.52 bits per heavy atom. The molecule has 2 aromatic carbocycles. The first-order valence-corrected chi connectivity index (χ1v) is 13.9. The summed E-state index contributed by atoms with van der Waals surface area (Å²) < 4.78 is 0. The maximum atomic E-state index is 11.4. The van der Waals surface area contributed by atoms with Gasteiger partial charge in [-0.3, -0.25) is 19.2 Å². The number of aromatic hydroxyl groups is 2. The van der Waals surface area contributed by atoms with Gasteiger partial charge >= 0.3 is 7.12 Å². The molecule has 20 heteroatoms. The van der Waals surface area contributed by atoms with Gasteiger partial charge in [0.15, 0.2) is 5.82 Å². The molecule has 0 aliphatic carbocycles. The van der Waals surface area contributed by atoms with Crippen LogP contribution >= 0.6 is 11.6 Å². The molecule has 0 spiro atoms. The van der Waals surface area contributed by atoms with E-state index in [1.807, 2.05) is 0 Å². The number of phenolic OH excluding ortho intramolecular Hbond substituents is 2. The molecule has 0 radical (unpaired) electrons. The second-order valence-electron chi connectivity index (χ2n) is 9.65. The van der Waals surface area contributed by atoms with Crippen LogP contribution in [0, 0.1) is 0 Å². The Kier molecular flexibility index (Phi) is 14.0. The molecule has 0 saturated heterocycles. The number of anilines is 2. The molecule has 2 aromatic heterocycles. The summed E-state index contributed by atoms with van der Waals surface area (Å²) in [6.07, 6.45) is 0. The number of aromatic nitrogens is 4. The fraction of sp³-hybridized carbons (Fsp3) is 0.143. The van der Waals surface area contributed by atoms with Crippen molar-refractivity contribution in [2.45, 2.75) is 25.9 Å². The zero-order valence-electron chi connectivity index (χ0n) is 25.4. The quantitative estimate of drug-likeness (QED) is 0.0695. The number of amides is 4. The van der Waals surface area contributed by atoms with Crippen LogP contribution in [0.2, 0.25) is 5.28 Å². The monoisotopic (exact) mass is 682 g/mol. The Morgan fingerprint density at radius 1 is 0.688 bits per heavy atom. The minimum Gasteiger partial charge on any atom is -0.508 e. The minimum absolute atomic E-state index is 0.00255. The van der Waals surface area contributed by atoms with E-state index in [-0.39, 0.29) is 45.6 Å². The van der Waals surface area contributed by atoms with Gasteiger partial charge in [-0.2, -0.15) is 0 Å². The summed E-state index contributed by atoms with van der Waals surface area (Å²) in [5.74, 6) is -1.69. The number of hydrogen-bond acceptors (Lipinski definition) is 14. The molecule has 0 bridgehead atoms. The van der Waals surface area contributed by atoms with Gasteiger partial charge in [0.2, 0.25) is 17.1 Å². The van der Waals surface area contributed by atoms with Crippen molar-refractivity contribution >= 4 is 59.4 Å². The average Bonchev–Trinajstić information content (AvgIpc) is 3.01. The Morgan fingerprint density at radius 2 is 1.10 bits per heavy atom. The Bertz CT molecular complexity index is 1750. The summed E-state index contributed by atoms with van der Waals surface area (Å²) >= 11 is 5.57. The van der Waals surface area contributed by atoms with Crippen LogP contribution in [0.3, 0.4) is 0 Å². The number of carbonyl (C=O) groups is 4. The third-order valence-corrected chi connectivity index (χ3v) is 6.00. The van der Waals surface area contributed by atoms with Gasteiger partial charge < -0.3 is 53.8 Å². The first-order valence-electron chi connectivity index (χ1n) is 13.6. The molecule has 0 aliphatic rings. The predicted molar refractivity (Wildman–Crippen MR) is 176 cm³/mol. The number of benzene rings is 2. The Balaban J connectivity index is 0.000000269. The molecule has 2 heterocycles. The Hall–Kier alpha value is -6.05. The second-order valence-corrected chi connectivity index (χ2v) is 9.98. The maximum absolute atomic E-state index is 11.4. The lowest BCUT2D eigenvalue weighted by atomic mass is 9.80. The lowest BCUT2D eigenvalue weighted by molar-refractivity contribution is -0.119. The summed E-state index contributed by atoms with van der Waals surface area (Å²) in [5.41, 5.74) is 21.4. The SMILES string of the molecule is C[C@H](Nc1cc(C(N)=O)nc(-c2ccc(O)cc2)n1)C(N)=O.C[C@H](Nc1cc(C(N)=O)nc(Cl)n1)C(N)=O.OB(O)c1ccc(O)cc1. The topological polar surface area (TPSA) is 329 Å². The third-order valence-electron chi connectivity index (χ3n) is 5.83. The van der Waals surface area contributed by atoms with Crippen molar-refractivity contribution in [1.82, 2.24) is 19.9 Å². The lowest BCUT2D eigenvalue weighted by Crippen LogP contribution is -2.33. The van der Waals surface area contributed by atoms with E-state index in [0.29, 0.717) is 11.0 Å². The van der Waals surface area contributed by atoms with Gasteiger partial charge in [-0.05, 0) is 67.3 Å². The molecule has 4 rings (SSSR count). The van der Waals surface area contributed by atoms with Crippen LogP contribution in [0.4, 0.5) is 11.6 Å². The molecule has 0 unspecified atom stereocenters. The van der Waals surface area contributed by atoms with E-state index >= 15 is 0 Å². The van der Waals surface area contributed by atoms with Crippen LogP contribution in [0.25, 0.3) is 11.4 Å². The molecule has 252 valence electrons. The molecule has 4 aromatic rings. The first kappa shape index (κ1) is 38.1. The number of primary amides is 4. The van der Waals surface area contributed by atoms with Gasteiger partial charge in [0.05, 0.1) is 0 Å². The van der Waals surface area contributed by atoms with Gasteiger partial charge in [-0.15, -0.1) is 0 Å². The number of carbonyl (C=O) groups excluding carboxylic acids is 4. The number of rotatable bonds is 10. The van der Waals surface area contributed by atoms with Crippen molar-refractivity contribution in [3.05, 3.63) is 77.3 Å². The van der Waals surface area contributed by atoms with Crippen molar-refractivity contribution < 1.29 is 39.4 Å². The molecule has 0 aliphatic heterocycles. The summed E-state index contributed by atoms with van der Waals surface area (Å²) in [4.78, 5) is 59.8. The third kappa shape index (κ3) is 12.4. The highest BCUT2D eigenvalue weighted by molar-refractivity contribution is 6.58. The van der Waals surface area contributed by atoms with Gasteiger partial charge in [-0.1, -0.05) is 12.1 Å². The lowest BCUT2D eigenvalue weighted by Gasteiger charge is -2.12. The normalized spacial score (nSPS) is 11.3.